The molecule has 0 atom stereocenters. The Morgan fingerprint density at radius 1 is 0.871 bits per heavy atom. The fourth-order valence-corrected chi connectivity index (χ4v) is 4.17. The molecule has 2 aromatic carbocycles. The standard InChI is InChI=1S/C26H29N3O2/c30-25(19-11-5-4-6-12-19)29-24(17-20-18-27-23-16-10-9-15-22(20)23)26(31)28-21-13-7-2-1-3-8-14-21/h4-6,9-12,15-18,21,27H,1-3,7-8,13-14H2,(H,28,31)(H,29,30)/b24-17-. The summed E-state index contributed by atoms with van der Waals surface area (Å²) in [6.07, 6.45) is 11.6. The second kappa shape index (κ2) is 10.1. The maximum Gasteiger partial charge on any atom is 0.268 e. The van der Waals surface area contributed by atoms with Gasteiger partial charge in [0.2, 0.25) is 0 Å². The summed E-state index contributed by atoms with van der Waals surface area (Å²) in [4.78, 5) is 29.3. The van der Waals surface area contributed by atoms with Crippen molar-refractivity contribution in [3.8, 4) is 0 Å². The Kier molecular flexibility index (Phi) is 6.82. The first kappa shape index (κ1) is 20.9. The number of benzene rings is 2. The molecular formula is C26H29N3O2. The molecule has 0 spiro atoms. The van der Waals surface area contributed by atoms with E-state index in [1.807, 2.05) is 48.7 Å². The van der Waals surface area contributed by atoms with Crippen molar-refractivity contribution in [1.82, 2.24) is 15.6 Å². The lowest BCUT2D eigenvalue weighted by Crippen LogP contribution is -2.40. The summed E-state index contributed by atoms with van der Waals surface area (Å²) in [5.74, 6) is -0.528. The van der Waals surface area contributed by atoms with Gasteiger partial charge in [0.25, 0.3) is 11.8 Å². The average Bonchev–Trinajstić information content (AvgIpc) is 3.18. The second-order valence-electron chi connectivity index (χ2n) is 8.18. The first-order valence-electron chi connectivity index (χ1n) is 11.2. The number of carbonyl (C=O) groups excluding carboxylic acids is 2. The fourth-order valence-electron chi connectivity index (χ4n) is 4.17. The summed E-state index contributed by atoms with van der Waals surface area (Å²) < 4.78 is 0. The van der Waals surface area contributed by atoms with Crippen molar-refractivity contribution < 1.29 is 9.59 Å². The van der Waals surface area contributed by atoms with E-state index in [2.05, 4.69) is 15.6 Å². The van der Waals surface area contributed by atoms with Crippen LogP contribution in [-0.2, 0) is 4.79 Å². The number of fused-ring (bicyclic) bond motifs is 1. The van der Waals surface area contributed by atoms with Crippen LogP contribution < -0.4 is 10.6 Å². The summed E-state index contributed by atoms with van der Waals surface area (Å²) in [6.45, 7) is 0. The molecule has 3 aromatic rings. The highest BCUT2D eigenvalue weighted by atomic mass is 16.2. The molecule has 1 fully saturated rings. The Hall–Kier alpha value is -3.34. The summed E-state index contributed by atoms with van der Waals surface area (Å²) in [6, 6.07) is 17.0. The first-order chi connectivity index (χ1) is 15.2. The van der Waals surface area contributed by atoms with Crippen LogP contribution in [0.2, 0.25) is 0 Å². The molecule has 0 unspecified atom stereocenters. The quantitative estimate of drug-likeness (QED) is 0.503. The molecule has 0 aliphatic heterocycles. The third-order valence-corrected chi connectivity index (χ3v) is 5.89. The lowest BCUT2D eigenvalue weighted by molar-refractivity contribution is -0.118. The number of carbonyl (C=O) groups is 2. The van der Waals surface area contributed by atoms with Gasteiger partial charge in [-0.05, 0) is 37.1 Å². The number of H-pyrrole nitrogens is 1. The van der Waals surface area contributed by atoms with Gasteiger partial charge in [-0.15, -0.1) is 0 Å². The van der Waals surface area contributed by atoms with Gasteiger partial charge in [-0.3, -0.25) is 9.59 Å². The van der Waals surface area contributed by atoms with Crippen LogP contribution in [0, 0.1) is 0 Å². The zero-order valence-electron chi connectivity index (χ0n) is 17.7. The third-order valence-electron chi connectivity index (χ3n) is 5.89. The molecule has 1 aliphatic rings. The number of aromatic nitrogens is 1. The lowest BCUT2D eigenvalue weighted by Gasteiger charge is -2.22. The van der Waals surface area contributed by atoms with E-state index in [0.29, 0.717) is 5.56 Å². The normalized spacial score (nSPS) is 15.8. The van der Waals surface area contributed by atoms with Crippen LogP contribution >= 0.6 is 0 Å². The monoisotopic (exact) mass is 415 g/mol. The molecule has 5 nitrogen and oxygen atoms in total. The third kappa shape index (κ3) is 5.43. The predicted molar refractivity (Wildman–Crippen MR) is 124 cm³/mol. The molecular weight excluding hydrogens is 386 g/mol. The number of hydrogen-bond acceptors (Lipinski definition) is 2. The molecule has 1 aliphatic carbocycles. The van der Waals surface area contributed by atoms with Crippen LogP contribution in [0.5, 0.6) is 0 Å². The fraction of sp³-hybridized carbons (Fsp3) is 0.308. The molecule has 1 heterocycles. The molecule has 3 N–H and O–H groups in total. The summed E-state index contributed by atoms with van der Waals surface area (Å²) in [7, 11) is 0. The van der Waals surface area contributed by atoms with Crippen molar-refractivity contribution in [2.24, 2.45) is 0 Å². The van der Waals surface area contributed by atoms with E-state index in [1.54, 1.807) is 18.2 Å². The molecule has 0 bridgehead atoms. The van der Waals surface area contributed by atoms with Crippen LogP contribution in [0.25, 0.3) is 17.0 Å². The van der Waals surface area contributed by atoms with E-state index >= 15 is 0 Å². The van der Waals surface area contributed by atoms with Crippen LogP contribution in [-0.4, -0.2) is 22.8 Å². The SMILES string of the molecule is O=C(NC1CCCCCCC1)/C(=C/c1c[nH]c2ccccc12)NC(=O)c1ccccc1. The van der Waals surface area contributed by atoms with Crippen LogP contribution in [0.3, 0.4) is 0 Å². The van der Waals surface area contributed by atoms with Crippen molar-refractivity contribution in [2.75, 3.05) is 0 Å². The minimum Gasteiger partial charge on any atom is -0.361 e. The molecule has 5 heteroatoms. The van der Waals surface area contributed by atoms with Crippen molar-refractivity contribution in [1.29, 1.82) is 0 Å². The summed E-state index contributed by atoms with van der Waals surface area (Å²) >= 11 is 0. The Labute approximate surface area is 182 Å². The maximum absolute atomic E-state index is 13.2. The smallest absolute Gasteiger partial charge is 0.268 e. The van der Waals surface area contributed by atoms with Gasteiger partial charge in [0.05, 0.1) is 0 Å². The van der Waals surface area contributed by atoms with Gasteiger partial charge >= 0.3 is 0 Å². The van der Waals surface area contributed by atoms with Crippen molar-refractivity contribution in [2.45, 2.75) is 51.0 Å². The Morgan fingerprint density at radius 2 is 1.55 bits per heavy atom. The second-order valence-corrected chi connectivity index (χ2v) is 8.18. The van der Waals surface area contributed by atoms with Gasteiger partial charge < -0.3 is 15.6 Å². The molecule has 4 rings (SSSR count). The van der Waals surface area contributed by atoms with Crippen molar-refractivity contribution in [3.63, 3.8) is 0 Å². The number of hydrogen-bond donors (Lipinski definition) is 3. The van der Waals surface area contributed by atoms with Crippen molar-refractivity contribution in [3.05, 3.63) is 77.6 Å². The van der Waals surface area contributed by atoms with Gasteiger partial charge in [0.15, 0.2) is 0 Å². The van der Waals surface area contributed by atoms with Crippen LogP contribution in [0.1, 0.15) is 60.9 Å². The Bertz CT molecular complexity index is 1060. The molecule has 0 saturated heterocycles. The summed E-state index contributed by atoms with van der Waals surface area (Å²) in [5, 5.41) is 7.03. The minimum atomic E-state index is -0.292. The molecule has 31 heavy (non-hydrogen) atoms. The lowest BCUT2D eigenvalue weighted by atomic mass is 9.96. The van der Waals surface area contributed by atoms with Crippen LogP contribution in [0.4, 0.5) is 0 Å². The number of rotatable bonds is 5. The summed E-state index contributed by atoms with van der Waals surface area (Å²) in [5.41, 5.74) is 2.64. The molecule has 2 amide bonds. The largest absolute Gasteiger partial charge is 0.361 e. The van der Waals surface area contributed by atoms with Gasteiger partial charge in [-0.1, -0.05) is 68.5 Å². The molecule has 1 aromatic heterocycles. The minimum absolute atomic E-state index is 0.146. The van der Waals surface area contributed by atoms with Gasteiger partial charge in [0, 0.05) is 34.3 Å². The van der Waals surface area contributed by atoms with Gasteiger partial charge in [0.1, 0.15) is 5.70 Å². The molecule has 1 saturated carbocycles. The van der Waals surface area contributed by atoms with Gasteiger partial charge in [-0.2, -0.15) is 0 Å². The number of amides is 2. The number of nitrogens with one attached hydrogen (secondary N) is 3. The number of aromatic amines is 1. The van der Waals surface area contributed by atoms with Gasteiger partial charge in [-0.25, -0.2) is 0 Å². The topological polar surface area (TPSA) is 74.0 Å². The van der Waals surface area contributed by atoms with E-state index in [9.17, 15) is 9.59 Å². The van der Waals surface area contributed by atoms with E-state index in [0.717, 1.165) is 42.1 Å². The van der Waals surface area contributed by atoms with E-state index < -0.39 is 0 Å². The Morgan fingerprint density at radius 3 is 2.32 bits per heavy atom. The predicted octanol–water partition coefficient (Wildman–Crippen LogP) is 5.17. The van der Waals surface area contributed by atoms with E-state index in [1.165, 1.54) is 19.3 Å². The highest BCUT2D eigenvalue weighted by Gasteiger charge is 2.19. The highest BCUT2D eigenvalue weighted by molar-refractivity contribution is 6.06. The first-order valence-corrected chi connectivity index (χ1v) is 11.2. The maximum atomic E-state index is 13.2. The molecule has 0 radical (unpaired) electrons. The highest BCUT2D eigenvalue weighted by Crippen LogP contribution is 2.21. The van der Waals surface area contributed by atoms with E-state index in [4.69, 9.17) is 0 Å². The van der Waals surface area contributed by atoms with E-state index in [-0.39, 0.29) is 23.6 Å². The van der Waals surface area contributed by atoms with Crippen molar-refractivity contribution >= 4 is 28.8 Å². The van der Waals surface area contributed by atoms with Crippen LogP contribution in [0.15, 0.2) is 66.5 Å². The number of para-hydroxylation sites is 1. The molecule has 160 valence electrons. The zero-order valence-corrected chi connectivity index (χ0v) is 17.7. The average molecular weight is 416 g/mol. The Balaban J connectivity index is 1.60. The zero-order chi connectivity index (χ0) is 21.5.